The van der Waals surface area contributed by atoms with Crippen molar-refractivity contribution in [3.05, 3.63) is 35.4 Å². The first-order chi connectivity index (χ1) is 5.61. The van der Waals surface area contributed by atoms with Crippen LogP contribution in [0.1, 0.15) is 5.56 Å². The quantitative estimate of drug-likeness (QED) is 0.563. The lowest BCUT2D eigenvalue weighted by Gasteiger charge is -2.01. The molecule has 5 heteroatoms. The summed E-state index contributed by atoms with van der Waals surface area (Å²) in [6, 6.07) is 3.81. The van der Waals surface area contributed by atoms with Gasteiger partial charge in [-0.3, -0.25) is 5.41 Å². The molecule has 72 valence electrons. The van der Waals surface area contributed by atoms with E-state index in [0.29, 0.717) is 0 Å². The maximum atomic E-state index is 12.8. The van der Waals surface area contributed by atoms with Gasteiger partial charge in [-0.1, -0.05) is 12.1 Å². The monoisotopic (exact) mass is 206 g/mol. The van der Waals surface area contributed by atoms with Crippen molar-refractivity contribution in [1.29, 1.82) is 5.41 Å². The third-order valence-corrected chi connectivity index (χ3v) is 1.41. The van der Waals surface area contributed by atoms with E-state index in [2.05, 4.69) is 0 Å². The molecule has 0 spiro atoms. The van der Waals surface area contributed by atoms with E-state index in [4.69, 9.17) is 11.1 Å². The molecule has 13 heavy (non-hydrogen) atoms. The van der Waals surface area contributed by atoms with Crippen molar-refractivity contribution in [2.24, 2.45) is 5.73 Å². The summed E-state index contributed by atoms with van der Waals surface area (Å²) in [6.45, 7) is 0. The number of amidine groups is 1. The summed E-state index contributed by atoms with van der Waals surface area (Å²) in [5.41, 5.74) is 5.15. The minimum atomic E-state index is -0.923. The minimum absolute atomic E-state index is 0. The van der Waals surface area contributed by atoms with E-state index in [-0.39, 0.29) is 30.2 Å². The van der Waals surface area contributed by atoms with Crippen molar-refractivity contribution in [1.82, 2.24) is 0 Å². The second-order valence-electron chi connectivity index (χ2n) is 2.41. The van der Waals surface area contributed by atoms with E-state index in [1.807, 2.05) is 0 Å². The zero-order chi connectivity index (χ0) is 9.14. The summed E-state index contributed by atoms with van der Waals surface area (Å²) in [5.74, 6) is -2.01. The molecule has 0 radical (unpaired) electrons. The Morgan fingerprint density at radius 1 is 1.38 bits per heavy atom. The fourth-order valence-electron chi connectivity index (χ4n) is 0.890. The summed E-state index contributed by atoms with van der Waals surface area (Å²) in [4.78, 5) is 0. The molecule has 1 rings (SSSR count). The van der Waals surface area contributed by atoms with Crippen LogP contribution in [0.2, 0.25) is 0 Å². The molecule has 0 amide bonds. The average molecular weight is 207 g/mol. The van der Waals surface area contributed by atoms with Crippen LogP contribution in [0.3, 0.4) is 0 Å². The van der Waals surface area contributed by atoms with Crippen LogP contribution in [0.15, 0.2) is 18.2 Å². The molecule has 0 unspecified atom stereocenters. The number of rotatable bonds is 2. The lowest BCUT2D eigenvalue weighted by molar-refractivity contribution is 0.501. The van der Waals surface area contributed by atoms with E-state index >= 15 is 0 Å². The minimum Gasteiger partial charge on any atom is -0.387 e. The Morgan fingerprint density at radius 2 is 2.00 bits per heavy atom. The summed E-state index contributed by atoms with van der Waals surface area (Å²) >= 11 is 0. The van der Waals surface area contributed by atoms with Crippen LogP contribution in [-0.2, 0) is 6.42 Å². The maximum Gasteiger partial charge on any atom is 0.162 e. The highest BCUT2D eigenvalue weighted by atomic mass is 35.5. The zero-order valence-electron chi connectivity index (χ0n) is 6.68. The number of benzene rings is 1. The van der Waals surface area contributed by atoms with Crippen molar-refractivity contribution >= 4 is 18.2 Å². The molecular weight excluding hydrogens is 198 g/mol. The van der Waals surface area contributed by atoms with Gasteiger partial charge in [0.05, 0.1) is 5.84 Å². The molecule has 0 aliphatic carbocycles. The molecule has 1 aromatic carbocycles. The van der Waals surface area contributed by atoms with E-state index in [9.17, 15) is 8.78 Å². The maximum absolute atomic E-state index is 12.8. The van der Waals surface area contributed by atoms with Crippen molar-refractivity contribution in [2.45, 2.75) is 6.42 Å². The predicted molar refractivity (Wildman–Crippen MR) is 49.2 cm³/mol. The third-order valence-electron chi connectivity index (χ3n) is 1.41. The van der Waals surface area contributed by atoms with Gasteiger partial charge >= 0.3 is 0 Å². The summed E-state index contributed by atoms with van der Waals surface area (Å²) in [6.07, 6.45) is -0.0520. The van der Waals surface area contributed by atoms with E-state index < -0.39 is 11.6 Å². The largest absolute Gasteiger partial charge is 0.387 e. The van der Waals surface area contributed by atoms with Gasteiger partial charge in [-0.15, -0.1) is 12.4 Å². The predicted octanol–water partition coefficient (Wildman–Crippen LogP) is 1.87. The van der Waals surface area contributed by atoms with Gasteiger partial charge in [0.15, 0.2) is 11.6 Å². The Bertz CT molecular complexity index is 315. The van der Waals surface area contributed by atoms with Gasteiger partial charge in [-0.05, 0) is 11.6 Å². The highest BCUT2D eigenvalue weighted by Gasteiger charge is 2.07. The molecular formula is C8H9ClF2N2. The van der Waals surface area contributed by atoms with Crippen LogP contribution in [0, 0.1) is 17.0 Å². The van der Waals surface area contributed by atoms with Crippen LogP contribution in [0.25, 0.3) is 0 Å². The van der Waals surface area contributed by atoms with Gasteiger partial charge in [0.2, 0.25) is 0 Å². The fraction of sp³-hybridized carbons (Fsp3) is 0.125. The molecule has 0 fully saturated rings. The second kappa shape index (κ2) is 4.77. The van der Waals surface area contributed by atoms with Gasteiger partial charge in [-0.2, -0.15) is 0 Å². The Kier molecular flexibility index (Phi) is 4.34. The van der Waals surface area contributed by atoms with Gasteiger partial charge in [-0.25, -0.2) is 8.78 Å². The normalized spacial score (nSPS) is 9.08. The Balaban J connectivity index is 0.00000144. The van der Waals surface area contributed by atoms with Crippen molar-refractivity contribution < 1.29 is 8.78 Å². The van der Waals surface area contributed by atoms with E-state index in [0.717, 1.165) is 6.07 Å². The van der Waals surface area contributed by atoms with Gasteiger partial charge in [0, 0.05) is 6.42 Å². The molecule has 0 heterocycles. The van der Waals surface area contributed by atoms with Gasteiger partial charge in [0.1, 0.15) is 0 Å². The highest BCUT2D eigenvalue weighted by Crippen LogP contribution is 2.11. The smallest absolute Gasteiger partial charge is 0.162 e. The van der Waals surface area contributed by atoms with Crippen molar-refractivity contribution in [2.75, 3.05) is 0 Å². The number of nitrogens with one attached hydrogen (secondary N) is 1. The van der Waals surface area contributed by atoms with Gasteiger partial charge in [0.25, 0.3) is 0 Å². The first-order valence-electron chi connectivity index (χ1n) is 3.37. The van der Waals surface area contributed by atoms with E-state index in [1.165, 1.54) is 12.1 Å². The SMILES string of the molecule is Cl.N=C(N)Cc1cccc(F)c1F. The molecule has 0 atom stereocenters. The summed E-state index contributed by atoms with van der Waals surface area (Å²) < 4.78 is 25.4. The van der Waals surface area contributed by atoms with Crippen molar-refractivity contribution in [3.8, 4) is 0 Å². The molecule has 2 nitrogen and oxygen atoms in total. The average Bonchev–Trinajstić information content (AvgIpc) is 1.98. The molecule has 3 N–H and O–H groups in total. The lowest BCUT2D eigenvalue weighted by atomic mass is 10.1. The highest BCUT2D eigenvalue weighted by molar-refractivity contribution is 5.85. The number of nitrogens with two attached hydrogens (primary N) is 1. The fourth-order valence-corrected chi connectivity index (χ4v) is 0.890. The molecule has 0 saturated carbocycles. The summed E-state index contributed by atoms with van der Waals surface area (Å²) in [5, 5.41) is 6.89. The Hall–Kier alpha value is -1.16. The number of hydrogen-bond donors (Lipinski definition) is 2. The van der Waals surface area contributed by atoms with Crippen LogP contribution in [0.4, 0.5) is 8.78 Å². The topological polar surface area (TPSA) is 49.9 Å². The first-order valence-corrected chi connectivity index (χ1v) is 3.37. The molecule has 0 aliphatic heterocycles. The molecule has 0 aromatic heterocycles. The van der Waals surface area contributed by atoms with E-state index in [1.54, 1.807) is 0 Å². The summed E-state index contributed by atoms with van der Waals surface area (Å²) in [7, 11) is 0. The van der Waals surface area contributed by atoms with Gasteiger partial charge < -0.3 is 5.73 Å². The third kappa shape index (κ3) is 2.99. The van der Waals surface area contributed by atoms with Crippen molar-refractivity contribution in [3.63, 3.8) is 0 Å². The lowest BCUT2D eigenvalue weighted by Crippen LogP contribution is -2.14. The Morgan fingerprint density at radius 3 is 2.54 bits per heavy atom. The zero-order valence-corrected chi connectivity index (χ0v) is 7.50. The standard InChI is InChI=1S/C8H8F2N2.ClH/c9-6-3-1-2-5(8(6)10)4-7(11)12;/h1-3H,4H2,(H3,11,12);1H. The molecule has 0 bridgehead atoms. The van der Waals surface area contributed by atoms with Crippen LogP contribution in [-0.4, -0.2) is 5.84 Å². The van der Waals surface area contributed by atoms with Crippen LogP contribution >= 0.6 is 12.4 Å². The molecule has 1 aromatic rings. The molecule has 0 saturated heterocycles. The van der Waals surface area contributed by atoms with Crippen LogP contribution < -0.4 is 5.73 Å². The number of hydrogen-bond acceptors (Lipinski definition) is 1. The van der Waals surface area contributed by atoms with Crippen LogP contribution in [0.5, 0.6) is 0 Å². The number of halogens is 3. The molecule has 0 aliphatic rings. The first kappa shape index (κ1) is 11.8. The Labute approximate surface area is 80.7 Å². The second-order valence-corrected chi connectivity index (χ2v) is 2.41.